The van der Waals surface area contributed by atoms with Gasteiger partial charge in [0.05, 0.1) is 8.80 Å². The van der Waals surface area contributed by atoms with Crippen molar-refractivity contribution in [2.75, 3.05) is 0 Å². The van der Waals surface area contributed by atoms with Crippen LogP contribution >= 0.6 is 23.2 Å². The van der Waals surface area contributed by atoms with Gasteiger partial charge in [-0.1, -0.05) is 182 Å². The summed E-state index contributed by atoms with van der Waals surface area (Å²) in [5.41, 5.74) is 14.0. The van der Waals surface area contributed by atoms with Crippen molar-refractivity contribution in [3.05, 3.63) is 196 Å². The van der Waals surface area contributed by atoms with Crippen LogP contribution in [0.5, 0.6) is 0 Å². The Balaban J connectivity index is 0.000000170. The van der Waals surface area contributed by atoms with E-state index in [1.807, 2.05) is 51.1 Å². The van der Waals surface area contributed by atoms with Crippen molar-refractivity contribution in [3.63, 3.8) is 0 Å². The van der Waals surface area contributed by atoms with E-state index in [0.717, 1.165) is 77.2 Å². The zero-order chi connectivity index (χ0) is 42.4. The second-order valence-electron chi connectivity index (χ2n) is 16.1. The van der Waals surface area contributed by atoms with Gasteiger partial charge in [-0.25, -0.2) is 0 Å². The van der Waals surface area contributed by atoms with E-state index in [0.29, 0.717) is 0 Å². The van der Waals surface area contributed by atoms with Crippen LogP contribution in [0.4, 0.5) is 0 Å². The van der Waals surface area contributed by atoms with Crippen molar-refractivity contribution in [1.29, 1.82) is 0 Å². The van der Waals surface area contributed by atoms with Gasteiger partial charge in [0.2, 0.25) is 0 Å². The average molecular weight is 940 g/mol. The molecule has 62 heavy (non-hydrogen) atoms. The van der Waals surface area contributed by atoms with Gasteiger partial charge in [-0.15, -0.1) is 48.0 Å². The summed E-state index contributed by atoms with van der Waals surface area (Å²) >= 11 is 13.8. The van der Waals surface area contributed by atoms with Crippen LogP contribution in [0.3, 0.4) is 0 Å². The molecule has 0 spiro atoms. The van der Waals surface area contributed by atoms with E-state index >= 15 is 0 Å². The molecule has 6 heteroatoms. The van der Waals surface area contributed by atoms with Gasteiger partial charge in [0.25, 0.3) is 0 Å². The predicted molar refractivity (Wildman–Crippen MR) is 262 cm³/mol. The van der Waals surface area contributed by atoms with E-state index < -0.39 is 8.80 Å². The maximum atomic E-state index is 6.99. The minimum Gasteiger partial charge on any atom is -0.462 e. The van der Waals surface area contributed by atoms with Crippen LogP contribution in [-0.2, 0) is 26.2 Å². The van der Waals surface area contributed by atoms with Gasteiger partial charge in [-0.3, -0.25) is 0 Å². The molecule has 2 nitrogen and oxygen atoms in total. The van der Waals surface area contributed by atoms with E-state index in [1.165, 1.54) is 49.3 Å². The number of benzene rings is 6. The Morgan fingerprint density at radius 1 is 0.500 bits per heavy atom. The largest absolute Gasteiger partial charge is 2.00 e. The Morgan fingerprint density at radius 2 is 1.05 bits per heavy atom. The Hall–Kier alpha value is -5.22. The van der Waals surface area contributed by atoms with Crippen LogP contribution in [0.2, 0.25) is 23.1 Å². The van der Waals surface area contributed by atoms with E-state index in [4.69, 9.17) is 32.0 Å². The minimum atomic E-state index is -0.857. The average Bonchev–Trinajstić information content (AvgIpc) is 4.08. The molecule has 2 aromatic heterocycles. The molecule has 1 radical (unpaired) electrons. The molecular formula is C56H45Cl2O2SiZr. The molecule has 10 rings (SSSR count). The molecule has 0 amide bonds. The van der Waals surface area contributed by atoms with E-state index in [-0.39, 0.29) is 26.2 Å². The van der Waals surface area contributed by atoms with Gasteiger partial charge >= 0.3 is 26.2 Å². The first-order chi connectivity index (χ1) is 29.5. The molecule has 0 saturated carbocycles. The molecule has 0 aliphatic carbocycles. The van der Waals surface area contributed by atoms with Gasteiger partial charge in [-0.2, -0.15) is 0 Å². The molecule has 2 heterocycles. The van der Waals surface area contributed by atoms with Gasteiger partial charge in [0.15, 0.2) is 0 Å². The standard InChI is InChI=1S/C29H24Cl2OSi.C27H21O.Zr/c1-17-10-13-22-25(29(33(3)4)28(31)26(22)27(17)30)20-12-14-21(19-8-6-5-7-9-19)23(16-20)24-15-11-18(2)32-24;1-18-8-12-24-21(16-18)10-14-25(24)22-11-13-23(20-6-4-3-5-7-20)26(17-22)27-15-9-19(2)28-27;/h5-16H,1-4H3;3-17H,1-2H3;/q2*-1;+2. The molecule has 0 aliphatic heterocycles. The topological polar surface area (TPSA) is 26.3 Å². The van der Waals surface area contributed by atoms with Crippen LogP contribution in [0.15, 0.2) is 173 Å². The summed E-state index contributed by atoms with van der Waals surface area (Å²) in [5.74, 6) is 3.59. The third kappa shape index (κ3) is 8.35. The third-order valence-electron chi connectivity index (χ3n) is 11.5. The smallest absolute Gasteiger partial charge is 0.462 e. The van der Waals surface area contributed by atoms with Crippen LogP contribution < -0.4 is 5.19 Å². The van der Waals surface area contributed by atoms with Crippen molar-refractivity contribution in [3.8, 4) is 67.2 Å². The Bertz CT molecular complexity index is 3180. The first-order valence-electron chi connectivity index (χ1n) is 20.6. The Labute approximate surface area is 395 Å². The van der Waals surface area contributed by atoms with E-state index in [2.05, 4.69) is 153 Å². The molecule has 0 unspecified atom stereocenters. The second-order valence-corrected chi connectivity index (χ2v) is 19.3. The first kappa shape index (κ1) is 43.4. The fourth-order valence-corrected chi connectivity index (χ4v) is 11.0. The zero-order valence-corrected chi connectivity index (χ0v) is 40.6. The molecule has 10 aromatic rings. The number of rotatable bonds is 7. The monoisotopic (exact) mass is 937 g/mol. The molecule has 0 fully saturated rings. The molecular weight excluding hydrogens is 895 g/mol. The third-order valence-corrected chi connectivity index (χ3v) is 14.1. The van der Waals surface area contributed by atoms with Gasteiger partial charge < -0.3 is 8.83 Å². The molecule has 303 valence electrons. The quantitative estimate of drug-likeness (QED) is 0.118. The first-order valence-corrected chi connectivity index (χ1v) is 23.9. The summed E-state index contributed by atoms with van der Waals surface area (Å²) in [5, 5.41) is 7.45. The van der Waals surface area contributed by atoms with Gasteiger partial charge in [-0.05, 0) is 95.9 Å². The molecule has 8 aromatic carbocycles. The van der Waals surface area contributed by atoms with Crippen LogP contribution in [-0.4, -0.2) is 8.80 Å². The fraction of sp³-hybridized carbons (Fsp3) is 0.107. The molecule has 0 atom stereocenters. The minimum absolute atomic E-state index is 0. The summed E-state index contributed by atoms with van der Waals surface area (Å²) in [6, 6.07) is 57.7. The van der Waals surface area contributed by atoms with Crippen molar-refractivity contribution < 1.29 is 35.0 Å². The zero-order valence-electron chi connectivity index (χ0n) is 35.7. The maximum Gasteiger partial charge on any atom is 2.00 e. The number of hydrogen-bond acceptors (Lipinski definition) is 2. The maximum absolute atomic E-state index is 6.99. The number of aryl methyl sites for hydroxylation is 4. The van der Waals surface area contributed by atoms with Crippen LogP contribution in [0.1, 0.15) is 22.6 Å². The van der Waals surface area contributed by atoms with Crippen molar-refractivity contribution in [1.82, 2.24) is 0 Å². The summed E-state index contributed by atoms with van der Waals surface area (Å²) < 4.78 is 12.1. The van der Waals surface area contributed by atoms with Crippen molar-refractivity contribution >= 4 is 58.7 Å². The number of fused-ring (bicyclic) bond motifs is 2. The molecule has 0 saturated heterocycles. The Morgan fingerprint density at radius 3 is 1.60 bits per heavy atom. The van der Waals surface area contributed by atoms with E-state index in [9.17, 15) is 0 Å². The number of halogens is 2. The van der Waals surface area contributed by atoms with Gasteiger partial charge in [0.1, 0.15) is 23.0 Å². The second kappa shape index (κ2) is 18.2. The van der Waals surface area contributed by atoms with Crippen molar-refractivity contribution in [2.24, 2.45) is 0 Å². The normalized spacial score (nSPS) is 11.2. The van der Waals surface area contributed by atoms with Crippen LogP contribution in [0, 0.1) is 27.7 Å². The molecule has 0 aliphatic rings. The number of hydrogen-bond donors (Lipinski definition) is 0. The summed E-state index contributed by atoms with van der Waals surface area (Å²) in [6.45, 7) is 12.7. The summed E-state index contributed by atoms with van der Waals surface area (Å²) in [6.07, 6.45) is 0. The van der Waals surface area contributed by atoms with Crippen molar-refractivity contribution in [2.45, 2.75) is 40.8 Å². The predicted octanol–water partition coefficient (Wildman–Crippen LogP) is 16.8. The van der Waals surface area contributed by atoms with Gasteiger partial charge in [0, 0.05) is 5.02 Å². The summed E-state index contributed by atoms with van der Waals surface area (Å²) in [7, 11) is -0.857. The Kier molecular flexibility index (Phi) is 12.8. The molecule has 0 bridgehead atoms. The molecule has 0 N–H and O–H groups in total. The number of furan rings is 2. The summed E-state index contributed by atoms with van der Waals surface area (Å²) in [4.78, 5) is 0. The van der Waals surface area contributed by atoms with E-state index in [1.54, 1.807) is 0 Å². The van der Waals surface area contributed by atoms with Crippen LogP contribution in [0.25, 0.3) is 88.7 Å². The SMILES string of the molecule is Cc1ccc(-c2cc(-[c-]3c([Si](C)C)c(Cl)c4c(Cl)c(C)ccc43)ccc2-c2ccccc2)o1.Cc1ccc2c(cc[c-]2-c2ccc(-c3ccccc3)c(-c3ccc(C)o3)c2)c1.[Zr+2]. The fourth-order valence-electron chi connectivity index (χ4n) is 8.54.